The number of carbonyl (C=O) groups excluding carboxylic acids is 1. The van der Waals surface area contributed by atoms with Crippen LogP contribution in [0.4, 0.5) is 30.5 Å². The predicted molar refractivity (Wildman–Crippen MR) is 103 cm³/mol. The Morgan fingerprint density at radius 2 is 2.00 bits per heavy atom. The summed E-state index contributed by atoms with van der Waals surface area (Å²) in [7, 11) is 5.03. The van der Waals surface area contributed by atoms with Crippen LogP contribution in [0.2, 0.25) is 0 Å². The number of aromatic nitrogens is 1. The van der Waals surface area contributed by atoms with Gasteiger partial charge < -0.3 is 26.0 Å². The van der Waals surface area contributed by atoms with E-state index in [0.717, 1.165) is 0 Å². The van der Waals surface area contributed by atoms with Gasteiger partial charge in [0.25, 0.3) is 5.91 Å². The first kappa shape index (κ1) is 22.1. The van der Waals surface area contributed by atoms with Crippen molar-refractivity contribution in [3.63, 3.8) is 0 Å². The standard InChI is InChI=1S/C18H28F3N5O2/c1-23-15-14(22)10-13(16(25-15)26(2)8-9-28-3)17(27)24-12-6-4-11(5-7-12)18(19,20)21/h10-12H,4-9,22H2,1-3H3,(H,23,25)(H,24,27). The van der Waals surface area contributed by atoms with Crippen molar-refractivity contribution in [3.05, 3.63) is 11.6 Å². The molecule has 0 atom stereocenters. The number of nitrogens with two attached hydrogens (primary N) is 1. The molecule has 1 aliphatic rings. The van der Waals surface area contributed by atoms with Crippen LogP contribution in [0.1, 0.15) is 36.0 Å². The van der Waals surface area contributed by atoms with Crippen LogP contribution in [-0.2, 0) is 4.74 Å². The van der Waals surface area contributed by atoms with Crippen LogP contribution in [0.3, 0.4) is 0 Å². The maximum absolute atomic E-state index is 12.8. The Morgan fingerprint density at radius 3 is 2.54 bits per heavy atom. The molecule has 0 aliphatic heterocycles. The van der Waals surface area contributed by atoms with Crippen LogP contribution < -0.4 is 21.3 Å². The summed E-state index contributed by atoms with van der Waals surface area (Å²) in [6.45, 7) is 0.952. The Kier molecular flexibility index (Phi) is 7.34. The first-order valence-electron chi connectivity index (χ1n) is 9.23. The molecular formula is C18H28F3N5O2. The second kappa shape index (κ2) is 9.31. The smallest absolute Gasteiger partial charge is 0.391 e. The lowest BCUT2D eigenvalue weighted by Gasteiger charge is -2.30. The monoisotopic (exact) mass is 403 g/mol. The number of nitrogens with zero attached hydrogens (tertiary/aromatic N) is 2. The van der Waals surface area contributed by atoms with Crippen molar-refractivity contribution in [2.24, 2.45) is 5.92 Å². The number of rotatable bonds is 7. The molecule has 158 valence electrons. The van der Waals surface area contributed by atoms with Crippen molar-refractivity contribution in [1.29, 1.82) is 0 Å². The molecule has 10 heteroatoms. The second-order valence-electron chi connectivity index (χ2n) is 7.03. The molecular weight excluding hydrogens is 375 g/mol. The number of hydrogen-bond donors (Lipinski definition) is 3. The number of carbonyl (C=O) groups is 1. The van der Waals surface area contributed by atoms with Crippen molar-refractivity contribution < 1.29 is 22.7 Å². The number of amides is 1. The number of hydrogen-bond acceptors (Lipinski definition) is 6. The largest absolute Gasteiger partial charge is 0.396 e. The van der Waals surface area contributed by atoms with E-state index >= 15 is 0 Å². The number of pyridine rings is 1. The van der Waals surface area contributed by atoms with Gasteiger partial charge in [0, 0.05) is 33.8 Å². The van der Waals surface area contributed by atoms with Gasteiger partial charge in [-0.3, -0.25) is 4.79 Å². The van der Waals surface area contributed by atoms with Crippen LogP contribution in [0.15, 0.2) is 6.07 Å². The fourth-order valence-corrected chi connectivity index (χ4v) is 3.34. The van der Waals surface area contributed by atoms with Gasteiger partial charge in [0.15, 0.2) is 5.82 Å². The summed E-state index contributed by atoms with van der Waals surface area (Å²) >= 11 is 0. The molecule has 0 bridgehead atoms. The van der Waals surface area contributed by atoms with Crippen molar-refractivity contribution in [2.75, 3.05) is 50.3 Å². The highest BCUT2D eigenvalue weighted by Gasteiger charge is 2.41. The first-order chi connectivity index (χ1) is 13.2. The zero-order chi connectivity index (χ0) is 20.9. The molecule has 1 aromatic rings. The highest BCUT2D eigenvalue weighted by atomic mass is 19.4. The average molecular weight is 403 g/mol. The summed E-state index contributed by atoms with van der Waals surface area (Å²) < 4.78 is 43.5. The molecule has 1 aromatic heterocycles. The number of nitrogens with one attached hydrogen (secondary N) is 2. The van der Waals surface area contributed by atoms with Crippen molar-refractivity contribution in [3.8, 4) is 0 Å². The molecule has 0 unspecified atom stereocenters. The van der Waals surface area contributed by atoms with E-state index in [-0.39, 0.29) is 24.4 Å². The topological polar surface area (TPSA) is 92.5 Å². The van der Waals surface area contributed by atoms with E-state index in [2.05, 4.69) is 15.6 Å². The van der Waals surface area contributed by atoms with Crippen LogP contribution in [0.25, 0.3) is 0 Å². The maximum Gasteiger partial charge on any atom is 0.391 e. The van der Waals surface area contributed by atoms with E-state index in [1.807, 2.05) is 0 Å². The normalized spacial score (nSPS) is 19.9. The number of ether oxygens (including phenoxy) is 1. The van der Waals surface area contributed by atoms with Crippen LogP contribution >= 0.6 is 0 Å². The summed E-state index contributed by atoms with van der Waals surface area (Å²) in [5.41, 5.74) is 6.57. The lowest BCUT2D eigenvalue weighted by molar-refractivity contribution is -0.182. The SMILES string of the molecule is CNc1nc(N(C)CCOC)c(C(=O)NC2CCC(C(F)(F)F)CC2)cc1N. The van der Waals surface area contributed by atoms with E-state index in [1.165, 1.54) is 6.07 Å². The van der Waals surface area contributed by atoms with Gasteiger partial charge in [-0.2, -0.15) is 13.2 Å². The zero-order valence-electron chi connectivity index (χ0n) is 16.4. The minimum absolute atomic E-state index is 0.0220. The predicted octanol–water partition coefficient (Wildman–Crippen LogP) is 2.64. The lowest BCUT2D eigenvalue weighted by atomic mass is 9.85. The summed E-state index contributed by atoms with van der Waals surface area (Å²) in [5.74, 6) is -0.807. The van der Waals surface area contributed by atoms with Gasteiger partial charge in [0.05, 0.1) is 23.8 Å². The molecule has 1 amide bonds. The van der Waals surface area contributed by atoms with Crippen LogP contribution in [0.5, 0.6) is 0 Å². The lowest BCUT2D eigenvalue weighted by Crippen LogP contribution is -2.40. The number of methoxy groups -OCH3 is 1. The van der Waals surface area contributed by atoms with E-state index in [9.17, 15) is 18.0 Å². The third-order valence-corrected chi connectivity index (χ3v) is 5.03. The number of likely N-dealkylation sites (N-methyl/N-ethyl adjacent to an activating group) is 1. The van der Waals surface area contributed by atoms with E-state index < -0.39 is 18.0 Å². The minimum Gasteiger partial charge on any atom is -0.396 e. The third-order valence-electron chi connectivity index (χ3n) is 5.03. The van der Waals surface area contributed by atoms with Crippen LogP contribution in [0, 0.1) is 5.92 Å². The Morgan fingerprint density at radius 1 is 1.36 bits per heavy atom. The molecule has 0 saturated heterocycles. The number of anilines is 3. The summed E-state index contributed by atoms with van der Waals surface area (Å²) in [5, 5.41) is 5.72. The number of nitrogen functional groups attached to an aromatic ring is 1. The Labute approximate surface area is 162 Å². The number of alkyl halides is 3. The van der Waals surface area contributed by atoms with Crippen LogP contribution in [-0.4, -0.2) is 57.5 Å². The van der Waals surface area contributed by atoms with E-state index in [0.29, 0.717) is 43.3 Å². The molecule has 7 nitrogen and oxygen atoms in total. The third kappa shape index (κ3) is 5.40. The van der Waals surface area contributed by atoms with Crippen molar-refractivity contribution in [2.45, 2.75) is 37.9 Å². The average Bonchev–Trinajstić information content (AvgIpc) is 2.65. The van der Waals surface area contributed by atoms with Gasteiger partial charge in [0.2, 0.25) is 0 Å². The highest BCUT2D eigenvalue weighted by molar-refractivity contribution is 6.00. The van der Waals surface area contributed by atoms with Crippen molar-refractivity contribution in [1.82, 2.24) is 10.3 Å². The number of halogens is 3. The summed E-state index contributed by atoms with van der Waals surface area (Å²) in [4.78, 5) is 19.0. The van der Waals surface area contributed by atoms with Gasteiger partial charge in [-0.15, -0.1) is 0 Å². The van der Waals surface area contributed by atoms with Gasteiger partial charge in [-0.05, 0) is 31.7 Å². The molecule has 0 aromatic carbocycles. The first-order valence-corrected chi connectivity index (χ1v) is 9.23. The quantitative estimate of drug-likeness (QED) is 0.648. The van der Waals surface area contributed by atoms with E-state index in [4.69, 9.17) is 10.5 Å². The molecule has 1 heterocycles. The van der Waals surface area contributed by atoms with Gasteiger partial charge in [0.1, 0.15) is 5.82 Å². The molecule has 2 rings (SSSR count). The maximum atomic E-state index is 12.8. The Bertz CT molecular complexity index is 676. The van der Waals surface area contributed by atoms with Gasteiger partial charge in [-0.25, -0.2) is 4.98 Å². The zero-order valence-corrected chi connectivity index (χ0v) is 16.4. The molecule has 1 fully saturated rings. The summed E-state index contributed by atoms with van der Waals surface area (Å²) in [6, 6.07) is 1.24. The fraction of sp³-hybridized carbons (Fsp3) is 0.667. The molecule has 1 aliphatic carbocycles. The molecule has 1 saturated carbocycles. The van der Waals surface area contributed by atoms with Gasteiger partial charge >= 0.3 is 6.18 Å². The highest BCUT2D eigenvalue weighted by Crippen LogP contribution is 2.37. The minimum atomic E-state index is -4.17. The second-order valence-corrected chi connectivity index (χ2v) is 7.03. The Hall–Kier alpha value is -2.23. The molecule has 4 N–H and O–H groups in total. The fourth-order valence-electron chi connectivity index (χ4n) is 3.34. The molecule has 0 radical (unpaired) electrons. The molecule has 0 spiro atoms. The summed E-state index contributed by atoms with van der Waals surface area (Å²) in [6.07, 6.45) is -3.54. The Balaban J connectivity index is 2.14. The van der Waals surface area contributed by atoms with Crippen molar-refractivity contribution >= 4 is 23.2 Å². The van der Waals surface area contributed by atoms with E-state index in [1.54, 1.807) is 26.1 Å². The van der Waals surface area contributed by atoms with Gasteiger partial charge in [-0.1, -0.05) is 0 Å². The molecule has 28 heavy (non-hydrogen) atoms.